The minimum atomic E-state index is -1.16. The monoisotopic (exact) mass is 692 g/mol. The zero-order valence-electron chi connectivity index (χ0n) is 32.8. The van der Waals surface area contributed by atoms with Gasteiger partial charge in [-0.3, -0.25) is 4.79 Å². The van der Waals surface area contributed by atoms with Gasteiger partial charge in [0.25, 0.3) is 0 Å². The number of amides is 1. The lowest BCUT2D eigenvalue weighted by atomic mass is 10.0. The number of aliphatic hydroxyl groups excluding tert-OH is 3. The summed E-state index contributed by atoms with van der Waals surface area (Å²) in [5.41, 5.74) is 0. The largest absolute Gasteiger partial charge is 0.394 e. The van der Waals surface area contributed by atoms with Crippen LogP contribution < -0.4 is 5.32 Å². The minimum absolute atomic E-state index is 0.157. The molecule has 290 valence electrons. The third-order valence-electron chi connectivity index (χ3n) is 10.0. The molecular weight excluding hydrogens is 606 g/mol. The fourth-order valence-electron chi connectivity index (χ4n) is 6.63. The molecule has 4 N–H and O–H groups in total. The maximum atomic E-state index is 12.4. The fraction of sp³-hybridized carbons (Fsp3) is 0.886. The summed E-state index contributed by atoms with van der Waals surface area (Å²) in [6, 6.07) is -0.823. The lowest BCUT2D eigenvalue weighted by Gasteiger charge is -2.26. The van der Waals surface area contributed by atoms with E-state index >= 15 is 0 Å². The molecule has 0 heterocycles. The van der Waals surface area contributed by atoms with Gasteiger partial charge < -0.3 is 20.6 Å². The molecular formula is C44H85NO4. The van der Waals surface area contributed by atoms with Gasteiger partial charge >= 0.3 is 0 Å². The highest BCUT2D eigenvalue weighted by Gasteiger charge is 2.26. The molecule has 49 heavy (non-hydrogen) atoms. The second-order valence-corrected chi connectivity index (χ2v) is 14.9. The number of hydrogen-bond acceptors (Lipinski definition) is 4. The summed E-state index contributed by atoms with van der Waals surface area (Å²) in [5, 5.41) is 33.3. The Bertz CT molecular complexity index is 724. The molecule has 0 aromatic carbocycles. The summed E-state index contributed by atoms with van der Waals surface area (Å²) in [4.78, 5) is 12.4. The van der Waals surface area contributed by atoms with Gasteiger partial charge in [-0.1, -0.05) is 179 Å². The Morgan fingerprint density at radius 1 is 0.490 bits per heavy atom. The smallest absolute Gasteiger partial charge is 0.220 e. The van der Waals surface area contributed by atoms with Crippen LogP contribution in [-0.4, -0.2) is 46.1 Å². The normalized spacial score (nSPS) is 13.8. The fourth-order valence-corrected chi connectivity index (χ4v) is 6.63. The number of rotatable bonds is 39. The Labute approximate surface area is 305 Å². The first-order valence-electron chi connectivity index (χ1n) is 21.6. The summed E-state index contributed by atoms with van der Waals surface area (Å²) >= 11 is 0. The summed E-state index contributed by atoms with van der Waals surface area (Å²) in [6.07, 6.45) is 47.3. The highest BCUT2D eigenvalue weighted by molar-refractivity contribution is 5.76. The van der Waals surface area contributed by atoms with E-state index in [0.29, 0.717) is 12.8 Å². The molecule has 0 aromatic rings. The highest BCUT2D eigenvalue weighted by atomic mass is 16.3. The Hall–Kier alpha value is -1.17. The van der Waals surface area contributed by atoms with E-state index < -0.39 is 18.2 Å². The Balaban J connectivity index is 3.58. The van der Waals surface area contributed by atoms with Crippen LogP contribution in [0.2, 0.25) is 0 Å². The molecule has 1 amide bonds. The first kappa shape index (κ1) is 47.8. The average Bonchev–Trinajstić information content (AvgIpc) is 3.10. The summed E-state index contributed by atoms with van der Waals surface area (Å²) in [6.45, 7) is 4.14. The minimum Gasteiger partial charge on any atom is -0.394 e. The quantitative estimate of drug-likeness (QED) is 0.0381. The molecule has 0 saturated carbocycles. The van der Waals surface area contributed by atoms with E-state index in [0.717, 1.165) is 38.5 Å². The number of nitrogens with one attached hydrogen (secondary N) is 1. The SMILES string of the molecule is CCCCCCC/C=C/CCCC(O)C(O)C(CO)NC(=O)CCCCCCCCCCC/C=C\CCCCCCCCCCCCCC. The topological polar surface area (TPSA) is 89.8 Å². The zero-order valence-corrected chi connectivity index (χ0v) is 32.8. The molecule has 0 bridgehead atoms. The zero-order chi connectivity index (χ0) is 35.9. The van der Waals surface area contributed by atoms with Gasteiger partial charge in [0.2, 0.25) is 5.91 Å². The average molecular weight is 692 g/mol. The van der Waals surface area contributed by atoms with Crippen molar-refractivity contribution in [2.24, 2.45) is 0 Å². The van der Waals surface area contributed by atoms with E-state index in [-0.39, 0.29) is 12.5 Å². The predicted octanol–water partition coefficient (Wildman–Crippen LogP) is 12.2. The van der Waals surface area contributed by atoms with E-state index in [2.05, 4.69) is 43.5 Å². The van der Waals surface area contributed by atoms with Crippen LogP contribution in [-0.2, 0) is 4.79 Å². The molecule has 3 unspecified atom stereocenters. The van der Waals surface area contributed by atoms with Crippen molar-refractivity contribution in [2.75, 3.05) is 6.61 Å². The Morgan fingerprint density at radius 2 is 0.816 bits per heavy atom. The number of hydrogen-bond donors (Lipinski definition) is 4. The van der Waals surface area contributed by atoms with Crippen molar-refractivity contribution in [2.45, 2.75) is 244 Å². The third kappa shape index (κ3) is 35.0. The van der Waals surface area contributed by atoms with Crippen LogP contribution in [0.4, 0.5) is 0 Å². The van der Waals surface area contributed by atoms with Gasteiger partial charge in [0, 0.05) is 6.42 Å². The number of carbonyl (C=O) groups is 1. The molecule has 0 spiro atoms. The molecule has 0 aliphatic heterocycles. The van der Waals surface area contributed by atoms with E-state index in [1.807, 2.05) is 0 Å². The highest BCUT2D eigenvalue weighted by Crippen LogP contribution is 2.15. The molecule has 0 saturated heterocycles. The summed E-state index contributed by atoms with van der Waals surface area (Å²) < 4.78 is 0. The first-order chi connectivity index (χ1) is 24.1. The number of carbonyl (C=O) groups excluding carboxylic acids is 1. The van der Waals surface area contributed by atoms with Gasteiger partial charge in [0.15, 0.2) is 0 Å². The van der Waals surface area contributed by atoms with Crippen LogP contribution in [0.1, 0.15) is 226 Å². The van der Waals surface area contributed by atoms with Crippen molar-refractivity contribution in [1.82, 2.24) is 5.32 Å². The third-order valence-corrected chi connectivity index (χ3v) is 10.0. The molecule has 0 rings (SSSR count). The van der Waals surface area contributed by atoms with Crippen molar-refractivity contribution in [3.8, 4) is 0 Å². The van der Waals surface area contributed by atoms with Gasteiger partial charge in [-0.05, 0) is 64.2 Å². The molecule has 0 fully saturated rings. The number of allylic oxidation sites excluding steroid dienone is 4. The van der Waals surface area contributed by atoms with Crippen LogP contribution in [0.25, 0.3) is 0 Å². The molecule has 0 radical (unpaired) electrons. The van der Waals surface area contributed by atoms with Crippen molar-refractivity contribution < 1.29 is 20.1 Å². The van der Waals surface area contributed by atoms with Crippen LogP contribution in [0.3, 0.4) is 0 Å². The molecule has 5 heteroatoms. The van der Waals surface area contributed by atoms with Crippen LogP contribution in [0.15, 0.2) is 24.3 Å². The van der Waals surface area contributed by atoms with Gasteiger partial charge in [0.05, 0.1) is 18.8 Å². The lowest BCUT2D eigenvalue weighted by Crippen LogP contribution is -2.50. The predicted molar refractivity (Wildman–Crippen MR) is 213 cm³/mol. The van der Waals surface area contributed by atoms with Crippen molar-refractivity contribution in [3.05, 3.63) is 24.3 Å². The molecule has 3 atom stereocenters. The standard InChI is InChI=1S/C44H85NO4/c1-3-5-7-9-11-13-15-16-17-18-19-20-21-22-23-24-25-26-27-28-29-31-33-35-37-39-43(48)45-41(40-46)44(49)42(47)38-36-34-32-30-14-12-10-8-6-4-2/h22-23,30,32,41-42,44,46-47,49H,3-21,24-29,31,33-40H2,1-2H3,(H,45,48)/b23-22-,32-30+. The molecule has 5 nitrogen and oxygen atoms in total. The Kier molecular flexibility index (Phi) is 38.7. The second kappa shape index (κ2) is 39.6. The molecule has 0 aliphatic carbocycles. The Morgan fingerprint density at radius 3 is 1.18 bits per heavy atom. The lowest BCUT2D eigenvalue weighted by molar-refractivity contribution is -0.124. The van der Waals surface area contributed by atoms with Crippen LogP contribution in [0.5, 0.6) is 0 Å². The van der Waals surface area contributed by atoms with Gasteiger partial charge in [-0.15, -0.1) is 0 Å². The van der Waals surface area contributed by atoms with Gasteiger partial charge in [0.1, 0.15) is 6.10 Å². The van der Waals surface area contributed by atoms with E-state index in [9.17, 15) is 20.1 Å². The molecule has 0 aromatic heterocycles. The summed E-state index contributed by atoms with van der Waals surface area (Å²) in [5.74, 6) is -0.157. The van der Waals surface area contributed by atoms with Crippen molar-refractivity contribution in [1.29, 1.82) is 0 Å². The van der Waals surface area contributed by atoms with Crippen molar-refractivity contribution >= 4 is 5.91 Å². The maximum Gasteiger partial charge on any atom is 0.220 e. The van der Waals surface area contributed by atoms with E-state index in [4.69, 9.17) is 0 Å². The summed E-state index contributed by atoms with van der Waals surface area (Å²) in [7, 11) is 0. The number of aliphatic hydroxyl groups is 3. The van der Waals surface area contributed by atoms with E-state index in [1.165, 1.54) is 161 Å². The van der Waals surface area contributed by atoms with Gasteiger partial charge in [-0.25, -0.2) is 0 Å². The molecule has 0 aliphatic rings. The van der Waals surface area contributed by atoms with Crippen LogP contribution in [0, 0.1) is 0 Å². The van der Waals surface area contributed by atoms with Crippen molar-refractivity contribution in [3.63, 3.8) is 0 Å². The van der Waals surface area contributed by atoms with Crippen LogP contribution >= 0.6 is 0 Å². The number of unbranched alkanes of at least 4 members (excludes halogenated alkanes) is 27. The van der Waals surface area contributed by atoms with E-state index in [1.54, 1.807) is 0 Å². The van der Waals surface area contributed by atoms with Gasteiger partial charge in [-0.2, -0.15) is 0 Å². The maximum absolute atomic E-state index is 12.4. The second-order valence-electron chi connectivity index (χ2n) is 14.9. The first-order valence-corrected chi connectivity index (χ1v) is 21.6.